The van der Waals surface area contributed by atoms with Crippen molar-refractivity contribution in [1.82, 2.24) is 14.8 Å². The van der Waals surface area contributed by atoms with Crippen LogP contribution in [0.25, 0.3) is 11.0 Å². The minimum Gasteiger partial charge on any atom is -0.364 e. The molecule has 0 spiro atoms. The third kappa shape index (κ3) is 1.89. The molecule has 5 nitrogen and oxygen atoms in total. The summed E-state index contributed by atoms with van der Waals surface area (Å²) in [6.07, 6.45) is 3.46. The molecule has 1 aliphatic rings. The molecule has 0 aliphatic heterocycles. The summed E-state index contributed by atoms with van der Waals surface area (Å²) in [5, 5.41) is 24.0. The second kappa shape index (κ2) is 4.33. The van der Waals surface area contributed by atoms with Gasteiger partial charge in [-0.25, -0.2) is 9.67 Å². The summed E-state index contributed by atoms with van der Waals surface area (Å²) in [6, 6.07) is 1.81. The highest BCUT2D eigenvalue weighted by atomic mass is 16.5. The normalized spacial score (nSPS) is 15.8. The Labute approximate surface area is 105 Å². The molecule has 0 saturated heterocycles. The second-order valence-electron chi connectivity index (χ2n) is 4.89. The van der Waals surface area contributed by atoms with Crippen molar-refractivity contribution in [2.24, 2.45) is 0 Å². The van der Waals surface area contributed by atoms with Crippen LogP contribution in [-0.2, 0) is 6.54 Å². The molecule has 2 N–H and O–H groups in total. The van der Waals surface area contributed by atoms with Gasteiger partial charge in [-0.05, 0) is 25.3 Å². The number of fused-ring (bicyclic) bond motifs is 1. The Balaban J connectivity index is 2.18. The number of aromatic nitrogens is 3. The maximum atomic E-state index is 9.48. The van der Waals surface area contributed by atoms with Crippen LogP contribution in [0.4, 0.5) is 0 Å². The van der Waals surface area contributed by atoms with Gasteiger partial charge in [0.05, 0.1) is 6.20 Å². The lowest BCUT2D eigenvalue weighted by atomic mass is 10.1. The first-order chi connectivity index (χ1) is 8.70. The minimum absolute atomic E-state index is 0.483. The Kier molecular flexibility index (Phi) is 2.80. The number of aryl methyl sites for hydroxylation is 1. The molecule has 96 valence electrons. The molecular weight excluding hydrogens is 230 g/mol. The van der Waals surface area contributed by atoms with Crippen LogP contribution in [0.1, 0.15) is 49.7 Å². The van der Waals surface area contributed by atoms with Gasteiger partial charge in [0.15, 0.2) is 11.9 Å². The zero-order valence-corrected chi connectivity index (χ0v) is 10.4. The second-order valence-corrected chi connectivity index (χ2v) is 4.89. The maximum Gasteiger partial charge on any atom is 0.179 e. The number of rotatable bonds is 4. The van der Waals surface area contributed by atoms with Gasteiger partial charge in [0.2, 0.25) is 0 Å². The lowest BCUT2D eigenvalue weighted by Gasteiger charge is -2.09. The van der Waals surface area contributed by atoms with Crippen molar-refractivity contribution in [3.05, 3.63) is 23.5 Å². The fourth-order valence-electron chi connectivity index (χ4n) is 2.27. The lowest BCUT2D eigenvalue weighted by molar-refractivity contribution is -0.0414. The average Bonchev–Trinajstić information content (AvgIpc) is 3.12. The number of hydrogen-bond donors (Lipinski definition) is 2. The molecule has 0 radical (unpaired) electrons. The molecule has 3 rings (SSSR count). The molecule has 18 heavy (non-hydrogen) atoms. The van der Waals surface area contributed by atoms with Crippen molar-refractivity contribution in [3.63, 3.8) is 0 Å². The number of pyridine rings is 1. The van der Waals surface area contributed by atoms with Crippen LogP contribution in [0, 0.1) is 0 Å². The largest absolute Gasteiger partial charge is 0.364 e. The smallest absolute Gasteiger partial charge is 0.179 e. The third-order valence-corrected chi connectivity index (χ3v) is 3.37. The SMILES string of the molecule is CCCn1ncc2c(C(O)O)cc(C3CC3)nc21. The highest BCUT2D eigenvalue weighted by Crippen LogP contribution is 2.40. The highest BCUT2D eigenvalue weighted by molar-refractivity contribution is 5.79. The number of aliphatic hydroxyl groups excluding tert-OH is 1. The Bertz CT molecular complexity index is 573. The van der Waals surface area contributed by atoms with E-state index in [0.717, 1.165) is 42.5 Å². The molecule has 1 saturated carbocycles. The van der Waals surface area contributed by atoms with E-state index in [1.807, 2.05) is 10.7 Å². The van der Waals surface area contributed by atoms with Crippen LogP contribution >= 0.6 is 0 Å². The predicted octanol–water partition coefficient (Wildman–Crippen LogP) is 1.70. The van der Waals surface area contributed by atoms with E-state index in [4.69, 9.17) is 0 Å². The average molecular weight is 247 g/mol. The molecule has 1 fully saturated rings. The summed E-state index contributed by atoms with van der Waals surface area (Å²) in [5.74, 6) is 0.483. The number of hydrogen-bond acceptors (Lipinski definition) is 4. The maximum absolute atomic E-state index is 9.48. The zero-order chi connectivity index (χ0) is 12.7. The Morgan fingerprint density at radius 3 is 2.83 bits per heavy atom. The van der Waals surface area contributed by atoms with Crippen molar-refractivity contribution in [1.29, 1.82) is 0 Å². The van der Waals surface area contributed by atoms with Gasteiger partial charge < -0.3 is 10.2 Å². The van der Waals surface area contributed by atoms with Crippen LogP contribution in [0.2, 0.25) is 0 Å². The van der Waals surface area contributed by atoms with E-state index in [1.165, 1.54) is 0 Å². The predicted molar refractivity (Wildman–Crippen MR) is 67.0 cm³/mol. The first kappa shape index (κ1) is 11.6. The fraction of sp³-hybridized carbons (Fsp3) is 0.538. The van der Waals surface area contributed by atoms with E-state index in [2.05, 4.69) is 17.0 Å². The zero-order valence-electron chi connectivity index (χ0n) is 10.4. The molecule has 0 bridgehead atoms. The van der Waals surface area contributed by atoms with Crippen molar-refractivity contribution in [3.8, 4) is 0 Å². The van der Waals surface area contributed by atoms with Gasteiger partial charge in [-0.15, -0.1) is 0 Å². The van der Waals surface area contributed by atoms with Gasteiger partial charge in [0.1, 0.15) is 0 Å². The van der Waals surface area contributed by atoms with Crippen molar-refractivity contribution in [2.75, 3.05) is 0 Å². The molecule has 2 aromatic rings. The van der Waals surface area contributed by atoms with Gasteiger partial charge in [-0.1, -0.05) is 6.92 Å². The molecule has 0 unspecified atom stereocenters. The Morgan fingerprint density at radius 2 is 2.22 bits per heavy atom. The molecule has 0 amide bonds. The third-order valence-electron chi connectivity index (χ3n) is 3.37. The topological polar surface area (TPSA) is 71.2 Å². The van der Waals surface area contributed by atoms with E-state index in [0.29, 0.717) is 11.5 Å². The summed E-state index contributed by atoms with van der Waals surface area (Å²) in [6.45, 7) is 2.88. The van der Waals surface area contributed by atoms with Crippen LogP contribution in [0.5, 0.6) is 0 Å². The molecule has 5 heteroatoms. The molecular formula is C13H17N3O2. The van der Waals surface area contributed by atoms with Crippen LogP contribution in [0.15, 0.2) is 12.3 Å². The quantitative estimate of drug-likeness (QED) is 0.807. The van der Waals surface area contributed by atoms with Gasteiger partial charge in [0, 0.05) is 29.1 Å². The van der Waals surface area contributed by atoms with E-state index in [1.54, 1.807) is 6.20 Å². The summed E-state index contributed by atoms with van der Waals surface area (Å²) in [5.41, 5.74) is 2.25. The van der Waals surface area contributed by atoms with Gasteiger partial charge in [-0.3, -0.25) is 0 Å². The molecule has 1 aliphatic carbocycles. The number of aliphatic hydroxyl groups is 2. The van der Waals surface area contributed by atoms with Gasteiger partial charge in [0.25, 0.3) is 0 Å². The van der Waals surface area contributed by atoms with E-state index in [-0.39, 0.29) is 0 Å². The summed E-state index contributed by atoms with van der Waals surface area (Å²) in [7, 11) is 0. The Hall–Kier alpha value is -1.46. The summed E-state index contributed by atoms with van der Waals surface area (Å²) in [4.78, 5) is 4.64. The summed E-state index contributed by atoms with van der Waals surface area (Å²) < 4.78 is 1.84. The minimum atomic E-state index is -1.47. The van der Waals surface area contributed by atoms with Crippen molar-refractivity contribution in [2.45, 2.75) is 44.9 Å². The lowest BCUT2D eigenvalue weighted by Crippen LogP contribution is -2.04. The van der Waals surface area contributed by atoms with Crippen LogP contribution in [-0.4, -0.2) is 25.0 Å². The van der Waals surface area contributed by atoms with Crippen LogP contribution in [0.3, 0.4) is 0 Å². The van der Waals surface area contributed by atoms with Gasteiger partial charge >= 0.3 is 0 Å². The molecule has 0 aromatic carbocycles. The van der Waals surface area contributed by atoms with E-state index >= 15 is 0 Å². The highest BCUT2D eigenvalue weighted by Gasteiger charge is 2.27. The van der Waals surface area contributed by atoms with Crippen LogP contribution < -0.4 is 0 Å². The van der Waals surface area contributed by atoms with E-state index < -0.39 is 6.29 Å². The molecule has 2 heterocycles. The van der Waals surface area contributed by atoms with Gasteiger partial charge in [-0.2, -0.15) is 5.10 Å². The first-order valence-corrected chi connectivity index (χ1v) is 6.43. The molecule has 0 atom stereocenters. The van der Waals surface area contributed by atoms with Crippen molar-refractivity contribution < 1.29 is 10.2 Å². The Morgan fingerprint density at radius 1 is 1.44 bits per heavy atom. The number of nitrogens with zero attached hydrogens (tertiary/aromatic N) is 3. The standard InChI is InChI=1S/C13H17N3O2/c1-2-5-16-12-10(7-14-16)9(13(17)18)6-11(15-12)8-3-4-8/h6-8,13,17-18H,2-5H2,1H3. The van der Waals surface area contributed by atoms with E-state index in [9.17, 15) is 10.2 Å². The first-order valence-electron chi connectivity index (χ1n) is 6.43. The molecule has 2 aromatic heterocycles. The monoisotopic (exact) mass is 247 g/mol. The fourth-order valence-corrected chi connectivity index (χ4v) is 2.27. The summed E-state index contributed by atoms with van der Waals surface area (Å²) >= 11 is 0. The van der Waals surface area contributed by atoms with Crippen molar-refractivity contribution >= 4 is 11.0 Å².